The number of rotatable bonds is 5. The van der Waals surface area contributed by atoms with Gasteiger partial charge in [0.2, 0.25) is 6.10 Å². The van der Waals surface area contributed by atoms with Crippen LogP contribution in [0, 0.1) is 0 Å². The van der Waals surface area contributed by atoms with E-state index in [0.29, 0.717) is 18.0 Å². The predicted molar refractivity (Wildman–Crippen MR) is 83.0 cm³/mol. The molecule has 1 aliphatic rings. The molecular weight excluding hydrogens is 280 g/mol. The van der Waals surface area contributed by atoms with Crippen molar-refractivity contribution >= 4 is 5.91 Å². The lowest BCUT2D eigenvalue weighted by Gasteiger charge is -2.31. The minimum atomic E-state index is -0.610. The number of para-hydroxylation sites is 2. The number of hydrogen-bond donors (Lipinski definition) is 1. The number of aromatic nitrogens is 1. The van der Waals surface area contributed by atoms with Crippen molar-refractivity contribution < 1.29 is 14.3 Å². The largest absolute Gasteiger partial charge is 0.482 e. The SMILES string of the molecule is CC1Oc2ccccc2OC1C(=O)NCCCn1cccc1. The smallest absolute Gasteiger partial charge is 0.265 e. The van der Waals surface area contributed by atoms with Crippen LogP contribution in [0.5, 0.6) is 11.5 Å². The lowest BCUT2D eigenvalue weighted by molar-refractivity contribution is -0.133. The standard InChI is InChI=1S/C17H20N2O3/c1-13-16(22-15-8-3-2-7-14(15)21-13)17(20)18-9-6-12-19-10-4-5-11-19/h2-5,7-8,10-11,13,16H,6,9,12H2,1H3,(H,18,20). The van der Waals surface area contributed by atoms with Crippen LogP contribution >= 0.6 is 0 Å². The zero-order chi connectivity index (χ0) is 15.4. The molecule has 2 atom stereocenters. The Kier molecular flexibility index (Phi) is 4.32. The number of nitrogens with zero attached hydrogens (tertiary/aromatic N) is 1. The summed E-state index contributed by atoms with van der Waals surface area (Å²) in [5, 5.41) is 2.92. The molecule has 5 nitrogen and oxygen atoms in total. The molecule has 0 aliphatic carbocycles. The number of carbonyl (C=O) groups is 1. The summed E-state index contributed by atoms with van der Waals surface area (Å²) in [6, 6.07) is 11.4. The second-order valence-electron chi connectivity index (χ2n) is 5.37. The monoisotopic (exact) mass is 300 g/mol. The second kappa shape index (κ2) is 6.56. The molecule has 1 aromatic carbocycles. The third kappa shape index (κ3) is 3.24. The predicted octanol–water partition coefficient (Wildman–Crippen LogP) is 2.22. The van der Waals surface area contributed by atoms with Crippen LogP contribution in [0.2, 0.25) is 0 Å². The molecular formula is C17H20N2O3. The second-order valence-corrected chi connectivity index (χ2v) is 5.37. The maximum Gasteiger partial charge on any atom is 0.265 e. The molecule has 0 bridgehead atoms. The average molecular weight is 300 g/mol. The molecule has 2 aromatic rings. The van der Waals surface area contributed by atoms with Gasteiger partial charge >= 0.3 is 0 Å². The number of fused-ring (bicyclic) bond motifs is 1. The van der Waals surface area contributed by atoms with E-state index < -0.39 is 6.10 Å². The number of aryl methyl sites for hydroxylation is 1. The Morgan fingerprint density at radius 3 is 2.55 bits per heavy atom. The van der Waals surface area contributed by atoms with Crippen molar-refractivity contribution in [2.45, 2.75) is 32.1 Å². The Hall–Kier alpha value is -2.43. The first-order valence-corrected chi connectivity index (χ1v) is 7.55. The zero-order valence-corrected chi connectivity index (χ0v) is 12.6. The van der Waals surface area contributed by atoms with Crippen molar-refractivity contribution in [1.29, 1.82) is 0 Å². The minimum Gasteiger partial charge on any atom is -0.482 e. The fraction of sp³-hybridized carbons (Fsp3) is 0.353. The van der Waals surface area contributed by atoms with Gasteiger partial charge in [0.05, 0.1) is 0 Å². The van der Waals surface area contributed by atoms with Gasteiger partial charge in [0.15, 0.2) is 11.5 Å². The van der Waals surface area contributed by atoms with Crippen molar-refractivity contribution in [3.8, 4) is 11.5 Å². The van der Waals surface area contributed by atoms with Crippen LogP contribution < -0.4 is 14.8 Å². The molecule has 1 aromatic heterocycles. The number of ether oxygens (including phenoxy) is 2. The summed E-state index contributed by atoms with van der Waals surface area (Å²) < 4.78 is 13.6. The molecule has 0 saturated carbocycles. The van der Waals surface area contributed by atoms with Gasteiger partial charge in [0.25, 0.3) is 5.91 Å². The quantitative estimate of drug-likeness (QED) is 0.862. The highest BCUT2D eigenvalue weighted by atomic mass is 16.6. The topological polar surface area (TPSA) is 52.5 Å². The van der Waals surface area contributed by atoms with Crippen LogP contribution in [0.3, 0.4) is 0 Å². The number of hydrogen-bond acceptors (Lipinski definition) is 3. The maximum absolute atomic E-state index is 12.3. The molecule has 5 heteroatoms. The Labute approximate surface area is 129 Å². The van der Waals surface area contributed by atoms with E-state index in [2.05, 4.69) is 9.88 Å². The van der Waals surface area contributed by atoms with Crippen molar-refractivity contribution in [1.82, 2.24) is 9.88 Å². The maximum atomic E-state index is 12.3. The summed E-state index contributed by atoms with van der Waals surface area (Å²) in [4.78, 5) is 12.3. The lowest BCUT2D eigenvalue weighted by Crippen LogP contribution is -2.49. The van der Waals surface area contributed by atoms with Crippen LogP contribution in [-0.4, -0.2) is 29.2 Å². The number of carbonyl (C=O) groups excluding carboxylic acids is 1. The Morgan fingerprint density at radius 2 is 1.82 bits per heavy atom. The highest BCUT2D eigenvalue weighted by Crippen LogP contribution is 2.33. The van der Waals surface area contributed by atoms with E-state index in [1.54, 1.807) is 0 Å². The van der Waals surface area contributed by atoms with E-state index in [1.807, 2.05) is 55.7 Å². The van der Waals surface area contributed by atoms with Crippen LogP contribution in [0.25, 0.3) is 0 Å². The van der Waals surface area contributed by atoms with E-state index in [-0.39, 0.29) is 12.0 Å². The first kappa shape index (κ1) is 14.5. The Morgan fingerprint density at radius 1 is 1.14 bits per heavy atom. The molecule has 1 amide bonds. The fourth-order valence-corrected chi connectivity index (χ4v) is 2.50. The first-order chi connectivity index (χ1) is 10.7. The van der Waals surface area contributed by atoms with E-state index >= 15 is 0 Å². The van der Waals surface area contributed by atoms with Gasteiger partial charge < -0.3 is 19.4 Å². The molecule has 0 saturated heterocycles. The van der Waals surface area contributed by atoms with Crippen molar-refractivity contribution in [2.24, 2.45) is 0 Å². The summed E-state index contributed by atoms with van der Waals surface area (Å²) >= 11 is 0. The van der Waals surface area contributed by atoms with Gasteiger partial charge in [-0.25, -0.2) is 0 Å². The lowest BCUT2D eigenvalue weighted by atomic mass is 10.1. The van der Waals surface area contributed by atoms with Crippen molar-refractivity contribution in [3.63, 3.8) is 0 Å². The minimum absolute atomic E-state index is 0.130. The number of benzene rings is 1. The van der Waals surface area contributed by atoms with Crippen molar-refractivity contribution in [3.05, 3.63) is 48.8 Å². The molecule has 1 N–H and O–H groups in total. The molecule has 22 heavy (non-hydrogen) atoms. The van der Waals surface area contributed by atoms with E-state index in [4.69, 9.17) is 9.47 Å². The molecule has 2 unspecified atom stereocenters. The summed E-state index contributed by atoms with van der Waals surface area (Å²) in [6.45, 7) is 3.35. The molecule has 0 spiro atoms. The summed E-state index contributed by atoms with van der Waals surface area (Å²) in [5.41, 5.74) is 0. The number of nitrogens with one attached hydrogen (secondary N) is 1. The number of amides is 1. The van der Waals surface area contributed by atoms with Crippen LogP contribution in [0.1, 0.15) is 13.3 Å². The Balaban J connectivity index is 1.50. The van der Waals surface area contributed by atoms with E-state index in [0.717, 1.165) is 13.0 Å². The van der Waals surface area contributed by atoms with Gasteiger partial charge in [-0.05, 0) is 37.6 Å². The van der Waals surface area contributed by atoms with Gasteiger partial charge in [-0.3, -0.25) is 4.79 Å². The molecule has 0 fully saturated rings. The summed E-state index contributed by atoms with van der Waals surface area (Å²) in [7, 11) is 0. The normalized spacial score (nSPS) is 19.7. The third-order valence-corrected chi connectivity index (χ3v) is 3.66. The molecule has 3 rings (SSSR count). The van der Waals surface area contributed by atoms with Gasteiger partial charge in [-0.1, -0.05) is 12.1 Å². The van der Waals surface area contributed by atoms with Crippen LogP contribution in [0.15, 0.2) is 48.8 Å². The van der Waals surface area contributed by atoms with E-state index in [1.165, 1.54) is 0 Å². The van der Waals surface area contributed by atoms with Gasteiger partial charge in [-0.2, -0.15) is 0 Å². The average Bonchev–Trinajstić information content (AvgIpc) is 3.04. The van der Waals surface area contributed by atoms with Gasteiger partial charge in [0, 0.05) is 25.5 Å². The first-order valence-electron chi connectivity index (χ1n) is 7.55. The summed E-state index contributed by atoms with van der Waals surface area (Å²) in [6.07, 6.45) is 3.98. The van der Waals surface area contributed by atoms with Gasteiger partial charge in [-0.15, -0.1) is 0 Å². The highest BCUT2D eigenvalue weighted by Gasteiger charge is 2.33. The van der Waals surface area contributed by atoms with Gasteiger partial charge in [0.1, 0.15) is 6.10 Å². The molecule has 0 radical (unpaired) electrons. The highest BCUT2D eigenvalue weighted by molar-refractivity contribution is 5.82. The van der Waals surface area contributed by atoms with E-state index in [9.17, 15) is 4.79 Å². The molecule has 116 valence electrons. The zero-order valence-electron chi connectivity index (χ0n) is 12.6. The summed E-state index contributed by atoms with van der Waals surface area (Å²) in [5.74, 6) is 1.18. The van der Waals surface area contributed by atoms with Crippen LogP contribution in [0.4, 0.5) is 0 Å². The fourth-order valence-electron chi connectivity index (χ4n) is 2.50. The Bertz CT molecular complexity index is 625. The molecule has 2 heterocycles. The van der Waals surface area contributed by atoms with Crippen LogP contribution in [-0.2, 0) is 11.3 Å². The third-order valence-electron chi connectivity index (χ3n) is 3.66. The van der Waals surface area contributed by atoms with Crippen molar-refractivity contribution in [2.75, 3.05) is 6.54 Å². The molecule has 1 aliphatic heterocycles.